The van der Waals surface area contributed by atoms with E-state index in [0.29, 0.717) is 44.4 Å². The summed E-state index contributed by atoms with van der Waals surface area (Å²) in [4.78, 5) is 26.1. The SMILES string of the molecule is N#Cc1ccc(-c2ccc(SC(=O)CC(=O)Sc3ccc(-c4ccc(F)c(F)c4)cc3)cc2)cc1.NPPCCF. The predicted octanol–water partition coefficient (Wildman–Crippen LogP) is 8.60. The van der Waals surface area contributed by atoms with Crippen LogP contribution in [0.3, 0.4) is 0 Å². The van der Waals surface area contributed by atoms with Crippen molar-refractivity contribution in [1.29, 1.82) is 5.26 Å². The van der Waals surface area contributed by atoms with E-state index < -0.39 is 11.6 Å². The van der Waals surface area contributed by atoms with Crippen molar-refractivity contribution in [2.75, 3.05) is 12.8 Å². The van der Waals surface area contributed by atoms with Crippen LogP contribution >= 0.6 is 40.2 Å². The van der Waals surface area contributed by atoms with Crippen molar-refractivity contribution in [3.63, 3.8) is 0 Å². The molecule has 0 aromatic heterocycles. The van der Waals surface area contributed by atoms with Crippen LogP contribution in [-0.2, 0) is 9.59 Å². The minimum atomic E-state index is -0.920. The summed E-state index contributed by atoms with van der Waals surface area (Å²) in [7, 11) is 1.10. The maximum absolute atomic E-state index is 13.4. The van der Waals surface area contributed by atoms with Gasteiger partial charge in [0.2, 0.25) is 10.2 Å². The van der Waals surface area contributed by atoms with Crippen molar-refractivity contribution >= 4 is 50.4 Å². The second-order valence-corrected chi connectivity index (χ2v) is 13.6. The van der Waals surface area contributed by atoms with Gasteiger partial charge in [-0.15, -0.1) is 0 Å². The van der Waals surface area contributed by atoms with Gasteiger partial charge in [-0.1, -0.05) is 74.3 Å². The van der Waals surface area contributed by atoms with E-state index in [0.717, 1.165) is 51.7 Å². The predicted molar refractivity (Wildman–Crippen MR) is 166 cm³/mol. The molecule has 0 aliphatic rings. The Labute approximate surface area is 248 Å². The van der Waals surface area contributed by atoms with Crippen LogP contribution in [0.15, 0.2) is 101 Å². The molecule has 4 aromatic carbocycles. The zero-order chi connectivity index (χ0) is 29.6. The standard InChI is InChI=1S/C28H17F2NO2S2.C2H8FNP2/c29-25-14-9-22(15-26(25)30)21-7-12-24(13-8-21)35-28(33)16-27(32)34-23-10-5-20(6-11-23)19-3-1-18(17-31)2-4-19;3-1-2-5-6-4/h1-15H,16H2;5-6H,1-2,4H2. The molecule has 4 nitrogen and oxygen atoms in total. The second kappa shape index (κ2) is 17.1. The van der Waals surface area contributed by atoms with Gasteiger partial charge in [0.1, 0.15) is 0 Å². The molecule has 210 valence electrons. The molecule has 2 N–H and O–H groups in total. The van der Waals surface area contributed by atoms with E-state index in [4.69, 9.17) is 10.8 Å². The van der Waals surface area contributed by atoms with Crippen LogP contribution < -0.4 is 5.50 Å². The summed E-state index contributed by atoms with van der Waals surface area (Å²) in [5, 5.41) is 8.36. The van der Waals surface area contributed by atoms with Gasteiger partial charge in [-0.3, -0.25) is 14.0 Å². The summed E-state index contributed by atoms with van der Waals surface area (Å²) < 4.78 is 37.7. The molecule has 0 radical (unpaired) electrons. The van der Waals surface area contributed by atoms with Crippen molar-refractivity contribution < 1.29 is 22.8 Å². The lowest BCUT2D eigenvalue weighted by atomic mass is 10.0. The number of halogens is 3. The van der Waals surface area contributed by atoms with Crippen molar-refractivity contribution in [2.45, 2.75) is 16.2 Å². The molecule has 2 atom stereocenters. The molecule has 2 unspecified atom stereocenters. The highest BCUT2D eigenvalue weighted by atomic mass is 32.2. The van der Waals surface area contributed by atoms with Gasteiger partial charge in [-0.2, -0.15) is 5.26 Å². The Hall–Kier alpha value is -2.98. The Morgan fingerprint density at radius 2 is 1.20 bits per heavy atom. The van der Waals surface area contributed by atoms with Crippen molar-refractivity contribution in [1.82, 2.24) is 0 Å². The molecule has 0 fully saturated rings. The number of nitrogens with two attached hydrogens (primary N) is 1. The highest BCUT2D eigenvalue weighted by molar-refractivity contribution is 8.15. The Morgan fingerprint density at radius 1 is 0.732 bits per heavy atom. The third-order valence-corrected chi connectivity index (χ3v) is 9.15. The van der Waals surface area contributed by atoms with Crippen LogP contribution in [0.1, 0.15) is 12.0 Å². The Bertz CT molecular complexity index is 1490. The number of carbonyl (C=O) groups is 2. The highest BCUT2D eigenvalue weighted by Crippen LogP contribution is 2.30. The fraction of sp³-hybridized carbons (Fsp3) is 0.100. The summed E-state index contributed by atoms with van der Waals surface area (Å²) in [6.07, 6.45) is 0.437. The number of benzene rings is 4. The Morgan fingerprint density at radius 3 is 1.61 bits per heavy atom. The van der Waals surface area contributed by atoms with Gasteiger partial charge in [0, 0.05) is 9.79 Å². The average Bonchev–Trinajstić information content (AvgIpc) is 2.98. The summed E-state index contributed by atoms with van der Waals surface area (Å²) in [6, 6.07) is 27.3. The first-order valence-corrected chi connectivity index (χ1v) is 17.1. The van der Waals surface area contributed by atoms with E-state index in [1.54, 1.807) is 36.4 Å². The summed E-state index contributed by atoms with van der Waals surface area (Å²) in [5.41, 5.74) is 8.83. The smallest absolute Gasteiger partial charge is 0.201 e. The molecule has 0 saturated carbocycles. The van der Waals surface area contributed by atoms with Gasteiger partial charge in [-0.05, 0) is 85.4 Å². The molecular formula is C30H25F3N2O2P2S2. The fourth-order valence-electron chi connectivity index (χ4n) is 3.42. The number of alkyl halides is 1. The second-order valence-electron chi connectivity index (χ2n) is 8.25. The molecule has 0 amide bonds. The molecule has 4 aromatic rings. The van der Waals surface area contributed by atoms with Crippen LogP contribution in [-0.4, -0.2) is 23.1 Å². The van der Waals surface area contributed by atoms with E-state index >= 15 is 0 Å². The lowest BCUT2D eigenvalue weighted by Gasteiger charge is -2.06. The zero-order valence-corrected chi connectivity index (χ0v) is 25.2. The minimum Gasteiger partial charge on any atom is -0.309 e. The van der Waals surface area contributed by atoms with Crippen molar-refractivity contribution in [2.24, 2.45) is 5.50 Å². The summed E-state index contributed by atoms with van der Waals surface area (Å²) in [6.45, 7) is -0.206. The largest absolute Gasteiger partial charge is 0.309 e. The lowest BCUT2D eigenvalue weighted by Crippen LogP contribution is -2.00. The Balaban J connectivity index is 0.000000696. The number of nitriles is 1. The number of hydrogen-bond acceptors (Lipinski definition) is 6. The zero-order valence-electron chi connectivity index (χ0n) is 21.6. The van der Waals surface area contributed by atoms with E-state index in [1.807, 2.05) is 36.4 Å². The third kappa shape index (κ3) is 10.7. The van der Waals surface area contributed by atoms with Crippen LogP contribution in [0, 0.1) is 23.0 Å². The number of thioether (sulfide) groups is 2. The van der Waals surface area contributed by atoms with Gasteiger partial charge >= 0.3 is 0 Å². The molecule has 0 spiro atoms. The van der Waals surface area contributed by atoms with Crippen LogP contribution in [0.2, 0.25) is 0 Å². The first kappa shape index (κ1) is 32.5. The molecule has 0 heterocycles. The minimum absolute atomic E-state index is 0.206. The highest BCUT2D eigenvalue weighted by Gasteiger charge is 2.14. The first-order chi connectivity index (χ1) is 19.8. The first-order valence-electron chi connectivity index (χ1n) is 12.1. The molecule has 4 rings (SSSR count). The van der Waals surface area contributed by atoms with E-state index in [9.17, 15) is 22.8 Å². The van der Waals surface area contributed by atoms with E-state index in [1.165, 1.54) is 6.07 Å². The van der Waals surface area contributed by atoms with Gasteiger partial charge in [0.15, 0.2) is 11.6 Å². The van der Waals surface area contributed by atoms with Crippen molar-refractivity contribution in [3.8, 4) is 28.3 Å². The number of hydrogen-bond donors (Lipinski definition) is 1. The lowest BCUT2D eigenvalue weighted by molar-refractivity contribution is -0.117. The van der Waals surface area contributed by atoms with Crippen LogP contribution in [0.5, 0.6) is 0 Å². The van der Waals surface area contributed by atoms with Gasteiger partial charge in [0.25, 0.3) is 0 Å². The molecule has 41 heavy (non-hydrogen) atoms. The topological polar surface area (TPSA) is 84.0 Å². The maximum atomic E-state index is 13.4. The summed E-state index contributed by atoms with van der Waals surface area (Å²) >= 11 is 1.98. The van der Waals surface area contributed by atoms with E-state index in [2.05, 4.69) is 6.07 Å². The van der Waals surface area contributed by atoms with Gasteiger partial charge in [-0.25, -0.2) is 8.78 Å². The monoisotopic (exact) mass is 628 g/mol. The maximum Gasteiger partial charge on any atom is 0.201 e. The van der Waals surface area contributed by atoms with Crippen LogP contribution in [0.4, 0.5) is 13.2 Å². The molecule has 11 heteroatoms. The number of nitrogens with zero attached hydrogens (tertiary/aromatic N) is 1. The third-order valence-electron chi connectivity index (χ3n) is 5.38. The molecule has 0 bridgehead atoms. The summed E-state index contributed by atoms with van der Waals surface area (Å²) in [5.74, 6) is -1.83. The van der Waals surface area contributed by atoms with Crippen molar-refractivity contribution in [3.05, 3.63) is 108 Å². The molecule has 0 saturated heterocycles. The average molecular weight is 629 g/mol. The molecular weight excluding hydrogens is 603 g/mol. The normalized spacial score (nSPS) is 10.9. The van der Waals surface area contributed by atoms with E-state index in [-0.39, 0.29) is 23.3 Å². The Kier molecular flexibility index (Phi) is 13.6. The molecule has 0 aliphatic carbocycles. The number of carbonyl (C=O) groups excluding carboxylic acids is 2. The van der Waals surface area contributed by atoms with Gasteiger partial charge < -0.3 is 5.50 Å². The number of rotatable bonds is 9. The quantitative estimate of drug-likeness (QED) is 0.0865. The fourth-order valence-corrected chi connectivity index (χ4v) is 5.94. The molecule has 0 aliphatic heterocycles. The van der Waals surface area contributed by atoms with Gasteiger partial charge in [0.05, 0.1) is 24.7 Å². The van der Waals surface area contributed by atoms with Crippen LogP contribution in [0.25, 0.3) is 22.3 Å².